The average Bonchev–Trinajstić information content (AvgIpc) is 3.34. The SMILES string of the molecule is CCC1(CC)O[C@@H](n2cnc3c(NC(=O)c4ccccc4)ncnc32)[C@@H](OS(C)(=O)=O)[C@@H]1C. The monoisotopic (exact) mass is 473 g/mol. The smallest absolute Gasteiger partial charge is 0.264 e. The van der Waals surface area contributed by atoms with Crippen LogP contribution in [0.5, 0.6) is 0 Å². The van der Waals surface area contributed by atoms with Gasteiger partial charge >= 0.3 is 0 Å². The van der Waals surface area contributed by atoms with Crippen LogP contribution in [0.3, 0.4) is 0 Å². The summed E-state index contributed by atoms with van der Waals surface area (Å²) in [6.07, 6.45) is 3.69. The predicted molar refractivity (Wildman–Crippen MR) is 122 cm³/mol. The summed E-state index contributed by atoms with van der Waals surface area (Å²) >= 11 is 0. The Morgan fingerprint density at radius 1 is 1.18 bits per heavy atom. The maximum absolute atomic E-state index is 12.6. The normalized spacial score (nSPS) is 22.5. The van der Waals surface area contributed by atoms with Crippen LogP contribution < -0.4 is 5.32 Å². The summed E-state index contributed by atoms with van der Waals surface area (Å²) in [5.74, 6) is -0.287. The molecule has 176 valence electrons. The third kappa shape index (κ3) is 4.35. The molecule has 0 aliphatic carbocycles. The van der Waals surface area contributed by atoms with Crippen LogP contribution in [0.2, 0.25) is 0 Å². The molecule has 3 aromatic rings. The number of ether oxygens (including phenoxy) is 1. The summed E-state index contributed by atoms with van der Waals surface area (Å²) in [5, 5.41) is 2.77. The Morgan fingerprint density at radius 3 is 2.52 bits per heavy atom. The Balaban J connectivity index is 1.73. The molecule has 3 heterocycles. The van der Waals surface area contributed by atoms with Crippen LogP contribution >= 0.6 is 0 Å². The number of rotatable bonds is 7. The highest BCUT2D eigenvalue weighted by atomic mass is 32.2. The molecule has 1 N–H and O–H groups in total. The Hall–Kier alpha value is -2.89. The number of fused-ring (bicyclic) bond motifs is 1. The average molecular weight is 474 g/mol. The second-order valence-electron chi connectivity index (χ2n) is 8.20. The summed E-state index contributed by atoms with van der Waals surface area (Å²) in [6, 6.07) is 8.76. The molecule has 1 amide bonds. The number of aromatic nitrogens is 4. The molecule has 1 aliphatic rings. The van der Waals surface area contributed by atoms with Crippen molar-refractivity contribution in [3.63, 3.8) is 0 Å². The third-order valence-electron chi connectivity index (χ3n) is 6.34. The van der Waals surface area contributed by atoms with Gasteiger partial charge in [-0.25, -0.2) is 15.0 Å². The number of carbonyl (C=O) groups is 1. The van der Waals surface area contributed by atoms with E-state index in [1.165, 1.54) is 12.7 Å². The molecule has 0 radical (unpaired) electrons. The number of imidazole rings is 1. The van der Waals surface area contributed by atoms with Gasteiger partial charge < -0.3 is 10.1 Å². The van der Waals surface area contributed by atoms with Crippen molar-refractivity contribution >= 4 is 33.0 Å². The van der Waals surface area contributed by atoms with E-state index in [0.29, 0.717) is 29.6 Å². The maximum atomic E-state index is 12.6. The molecular formula is C22H27N5O5S. The van der Waals surface area contributed by atoms with Gasteiger partial charge in [-0.1, -0.05) is 39.0 Å². The van der Waals surface area contributed by atoms with Gasteiger partial charge in [-0.15, -0.1) is 0 Å². The van der Waals surface area contributed by atoms with Gasteiger partial charge in [-0.05, 0) is 25.0 Å². The molecule has 10 nitrogen and oxygen atoms in total. The van der Waals surface area contributed by atoms with E-state index in [0.717, 1.165) is 6.26 Å². The number of anilines is 1. The van der Waals surface area contributed by atoms with Gasteiger partial charge in [0.05, 0.1) is 18.2 Å². The summed E-state index contributed by atoms with van der Waals surface area (Å²) in [7, 11) is -3.74. The number of hydrogen-bond acceptors (Lipinski definition) is 8. The van der Waals surface area contributed by atoms with Crippen molar-refractivity contribution in [3.05, 3.63) is 48.5 Å². The first-order valence-electron chi connectivity index (χ1n) is 10.8. The van der Waals surface area contributed by atoms with Gasteiger partial charge in [-0.3, -0.25) is 13.5 Å². The van der Waals surface area contributed by atoms with Crippen LogP contribution in [0.15, 0.2) is 43.0 Å². The zero-order chi connectivity index (χ0) is 23.8. The van der Waals surface area contributed by atoms with Crippen molar-refractivity contribution in [2.45, 2.75) is 51.5 Å². The van der Waals surface area contributed by atoms with Crippen LogP contribution in [-0.4, -0.2) is 51.8 Å². The third-order valence-corrected chi connectivity index (χ3v) is 6.91. The molecule has 1 fully saturated rings. The fourth-order valence-electron chi connectivity index (χ4n) is 4.47. The fraction of sp³-hybridized carbons (Fsp3) is 0.455. The Bertz CT molecular complexity index is 1260. The van der Waals surface area contributed by atoms with Crippen molar-refractivity contribution in [3.8, 4) is 0 Å². The zero-order valence-corrected chi connectivity index (χ0v) is 19.7. The van der Waals surface area contributed by atoms with Crippen molar-refractivity contribution in [2.75, 3.05) is 11.6 Å². The van der Waals surface area contributed by atoms with Gasteiger partial charge in [-0.2, -0.15) is 8.42 Å². The first-order chi connectivity index (χ1) is 15.7. The minimum atomic E-state index is -3.74. The summed E-state index contributed by atoms with van der Waals surface area (Å²) in [5.41, 5.74) is 0.680. The Kier molecular flexibility index (Phi) is 6.21. The minimum absolute atomic E-state index is 0.205. The van der Waals surface area contributed by atoms with Gasteiger partial charge in [0.25, 0.3) is 16.0 Å². The van der Waals surface area contributed by atoms with E-state index in [2.05, 4.69) is 20.3 Å². The largest absolute Gasteiger partial charge is 0.348 e. The van der Waals surface area contributed by atoms with Crippen LogP contribution in [-0.2, 0) is 19.0 Å². The van der Waals surface area contributed by atoms with Crippen LogP contribution in [0.4, 0.5) is 5.82 Å². The molecule has 3 atom stereocenters. The van der Waals surface area contributed by atoms with E-state index in [-0.39, 0.29) is 17.6 Å². The Labute approximate surface area is 192 Å². The van der Waals surface area contributed by atoms with Crippen LogP contribution in [0.25, 0.3) is 11.2 Å². The number of amides is 1. The molecule has 0 saturated carbocycles. The quantitative estimate of drug-likeness (QED) is 0.519. The number of nitrogens with one attached hydrogen (secondary N) is 1. The lowest BCUT2D eigenvalue weighted by Crippen LogP contribution is -2.36. The molecule has 0 bridgehead atoms. The van der Waals surface area contributed by atoms with Gasteiger partial charge in [0.2, 0.25) is 0 Å². The minimum Gasteiger partial charge on any atom is -0.348 e. The highest BCUT2D eigenvalue weighted by molar-refractivity contribution is 7.86. The fourth-order valence-corrected chi connectivity index (χ4v) is 5.13. The van der Waals surface area contributed by atoms with Crippen LogP contribution in [0.1, 0.15) is 50.2 Å². The molecule has 2 aromatic heterocycles. The lowest BCUT2D eigenvalue weighted by Gasteiger charge is -2.30. The molecule has 4 rings (SSSR count). The van der Waals surface area contributed by atoms with E-state index >= 15 is 0 Å². The summed E-state index contributed by atoms with van der Waals surface area (Å²) in [6.45, 7) is 5.94. The number of nitrogens with zero attached hydrogens (tertiary/aromatic N) is 4. The molecule has 1 saturated heterocycles. The second-order valence-corrected chi connectivity index (χ2v) is 9.80. The molecule has 33 heavy (non-hydrogen) atoms. The van der Waals surface area contributed by atoms with Crippen LogP contribution in [0, 0.1) is 5.92 Å². The maximum Gasteiger partial charge on any atom is 0.264 e. The lowest BCUT2D eigenvalue weighted by atomic mass is 9.83. The van der Waals surface area contributed by atoms with E-state index in [9.17, 15) is 13.2 Å². The standard InChI is InChI=1S/C22H27N5O5S/c1-5-22(6-2)14(3)17(32-33(4,29)30)21(31-22)27-13-25-16-18(23-12-24-19(16)27)26-20(28)15-10-8-7-9-11-15/h7-14,17,21H,5-6H2,1-4H3,(H,23,24,26,28)/t14-,17-,21+/m0/s1. The highest BCUT2D eigenvalue weighted by Gasteiger charge is 2.53. The number of hydrogen-bond donors (Lipinski definition) is 1. The van der Waals surface area contributed by atoms with Gasteiger partial charge in [0, 0.05) is 11.5 Å². The molecule has 11 heteroatoms. The molecule has 0 spiro atoms. The zero-order valence-electron chi connectivity index (χ0n) is 18.9. The second kappa shape index (κ2) is 8.81. The first-order valence-corrected chi connectivity index (χ1v) is 12.6. The van der Waals surface area contributed by atoms with E-state index in [1.54, 1.807) is 28.8 Å². The van der Waals surface area contributed by atoms with Crippen molar-refractivity contribution in [1.29, 1.82) is 0 Å². The molecule has 1 aromatic carbocycles. The lowest BCUT2D eigenvalue weighted by molar-refractivity contribution is -0.0928. The number of benzene rings is 1. The molecular weight excluding hydrogens is 446 g/mol. The Morgan fingerprint density at radius 2 is 1.88 bits per heavy atom. The van der Waals surface area contributed by atoms with E-state index in [4.69, 9.17) is 8.92 Å². The first kappa shape index (κ1) is 23.3. The van der Waals surface area contributed by atoms with E-state index in [1.807, 2.05) is 26.8 Å². The van der Waals surface area contributed by atoms with E-state index < -0.39 is 28.1 Å². The topological polar surface area (TPSA) is 125 Å². The van der Waals surface area contributed by atoms with Gasteiger partial charge in [0.15, 0.2) is 23.2 Å². The van der Waals surface area contributed by atoms with Crippen molar-refractivity contribution in [1.82, 2.24) is 19.5 Å². The predicted octanol–water partition coefficient (Wildman–Crippen LogP) is 3.15. The van der Waals surface area contributed by atoms with Crippen molar-refractivity contribution < 1.29 is 22.1 Å². The summed E-state index contributed by atoms with van der Waals surface area (Å²) in [4.78, 5) is 25.5. The molecule has 0 unspecified atom stereocenters. The summed E-state index contributed by atoms with van der Waals surface area (Å²) < 4.78 is 37.7. The highest BCUT2D eigenvalue weighted by Crippen LogP contribution is 2.48. The molecule has 1 aliphatic heterocycles. The van der Waals surface area contributed by atoms with Gasteiger partial charge in [0.1, 0.15) is 12.4 Å². The number of carbonyl (C=O) groups excluding carboxylic acids is 1. The van der Waals surface area contributed by atoms with Crippen molar-refractivity contribution in [2.24, 2.45) is 5.92 Å².